The van der Waals surface area contributed by atoms with Crippen LogP contribution in [0.15, 0.2) is 43.0 Å². The normalized spacial score (nSPS) is 11.2. The fraction of sp³-hybridized carbons (Fsp3) is 0.125. The van der Waals surface area contributed by atoms with E-state index in [4.69, 9.17) is 0 Å². The van der Waals surface area contributed by atoms with Crippen molar-refractivity contribution in [2.75, 3.05) is 17.1 Å². The van der Waals surface area contributed by atoms with Crippen molar-refractivity contribution in [1.82, 2.24) is 4.72 Å². The second-order valence-corrected chi connectivity index (χ2v) is 7.90. The maximum Gasteiger partial charge on any atom is 0.298 e. The summed E-state index contributed by atoms with van der Waals surface area (Å²) in [6.45, 7) is 3.58. The molecular formula is C16H16F2IN3O2S. The maximum atomic E-state index is 14.1. The number of hydrogen-bond donors (Lipinski definition) is 3. The van der Waals surface area contributed by atoms with Crippen LogP contribution >= 0.6 is 22.6 Å². The highest BCUT2D eigenvalue weighted by Crippen LogP contribution is 2.33. The Balaban J connectivity index is 2.56. The summed E-state index contributed by atoms with van der Waals surface area (Å²) >= 11 is 1.97. The van der Waals surface area contributed by atoms with Gasteiger partial charge in [0.25, 0.3) is 10.2 Å². The minimum atomic E-state index is -3.85. The van der Waals surface area contributed by atoms with Gasteiger partial charge in [-0.2, -0.15) is 8.42 Å². The van der Waals surface area contributed by atoms with Crippen molar-refractivity contribution in [2.45, 2.75) is 6.42 Å². The molecule has 0 heterocycles. The number of anilines is 3. The largest absolute Gasteiger partial charge is 0.351 e. The van der Waals surface area contributed by atoms with Gasteiger partial charge in [0.2, 0.25) is 0 Å². The molecule has 2 aromatic rings. The molecule has 0 amide bonds. The Morgan fingerprint density at radius 2 is 1.92 bits per heavy atom. The first-order valence-corrected chi connectivity index (χ1v) is 9.68. The van der Waals surface area contributed by atoms with Crippen molar-refractivity contribution >= 4 is 49.9 Å². The van der Waals surface area contributed by atoms with E-state index in [-0.39, 0.29) is 23.5 Å². The molecule has 0 spiro atoms. The van der Waals surface area contributed by atoms with Crippen LogP contribution in [0, 0.1) is 15.2 Å². The molecule has 3 N–H and O–H groups in total. The maximum absolute atomic E-state index is 14.1. The van der Waals surface area contributed by atoms with Crippen LogP contribution < -0.4 is 14.8 Å². The van der Waals surface area contributed by atoms with E-state index in [0.29, 0.717) is 9.13 Å². The van der Waals surface area contributed by atoms with Crippen LogP contribution in [-0.2, 0) is 16.6 Å². The van der Waals surface area contributed by atoms with E-state index in [9.17, 15) is 17.2 Å². The van der Waals surface area contributed by atoms with Crippen LogP contribution in [0.4, 0.5) is 25.8 Å². The van der Waals surface area contributed by atoms with Crippen LogP contribution in [0.5, 0.6) is 0 Å². The topological polar surface area (TPSA) is 70.2 Å². The SMILES string of the molecule is C=CCc1cc(F)cc(Nc2ccc(I)cc2F)c1NS(=O)(=O)NC. The van der Waals surface area contributed by atoms with Crippen LogP contribution in [0.3, 0.4) is 0 Å². The molecule has 0 saturated heterocycles. The van der Waals surface area contributed by atoms with E-state index in [1.165, 1.54) is 31.3 Å². The molecule has 5 nitrogen and oxygen atoms in total. The number of halogens is 3. The Morgan fingerprint density at radius 1 is 1.20 bits per heavy atom. The number of benzene rings is 2. The van der Waals surface area contributed by atoms with Gasteiger partial charge in [0.1, 0.15) is 11.6 Å². The number of allylic oxidation sites excluding steroid dienone is 1. The van der Waals surface area contributed by atoms with Gasteiger partial charge < -0.3 is 5.32 Å². The molecule has 0 aromatic heterocycles. The lowest BCUT2D eigenvalue weighted by Crippen LogP contribution is -2.27. The predicted octanol–water partition coefficient (Wildman–Crippen LogP) is 3.92. The minimum absolute atomic E-state index is 0.0933. The van der Waals surface area contributed by atoms with E-state index in [1.807, 2.05) is 22.6 Å². The first kappa shape index (κ1) is 19.6. The molecule has 25 heavy (non-hydrogen) atoms. The second kappa shape index (κ2) is 8.11. The van der Waals surface area contributed by atoms with Gasteiger partial charge in [-0.3, -0.25) is 4.72 Å². The summed E-state index contributed by atoms with van der Waals surface area (Å²) in [7, 11) is -2.61. The van der Waals surface area contributed by atoms with Crippen LogP contribution in [0.1, 0.15) is 5.56 Å². The van der Waals surface area contributed by atoms with Crippen molar-refractivity contribution in [3.05, 3.63) is 63.8 Å². The van der Waals surface area contributed by atoms with Gasteiger partial charge in [-0.15, -0.1) is 6.58 Å². The molecule has 0 aliphatic carbocycles. The first-order chi connectivity index (χ1) is 11.8. The standard InChI is InChI=1S/C16H16F2IN3O2S/c1-3-4-10-7-11(17)8-15(16(10)22-25(23,24)20-2)21-14-6-5-12(19)9-13(14)18/h3,5-9,20-22H,1,4H2,2H3. The average Bonchev–Trinajstić information content (AvgIpc) is 2.53. The summed E-state index contributed by atoms with van der Waals surface area (Å²) < 4.78 is 57.0. The molecule has 134 valence electrons. The molecule has 0 radical (unpaired) electrons. The van der Waals surface area contributed by atoms with Crippen molar-refractivity contribution in [2.24, 2.45) is 0 Å². The third-order valence-electron chi connectivity index (χ3n) is 3.25. The number of rotatable bonds is 7. The zero-order chi connectivity index (χ0) is 18.6. The van der Waals surface area contributed by atoms with E-state index < -0.39 is 21.8 Å². The van der Waals surface area contributed by atoms with Gasteiger partial charge in [0.05, 0.1) is 17.1 Å². The Labute approximate surface area is 158 Å². The van der Waals surface area contributed by atoms with E-state index >= 15 is 0 Å². The zero-order valence-electron chi connectivity index (χ0n) is 13.2. The summed E-state index contributed by atoms with van der Waals surface area (Å²) in [5, 5.41) is 2.75. The monoisotopic (exact) mass is 479 g/mol. The molecule has 0 bridgehead atoms. The van der Waals surface area contributed by atoms with Gasteiger partial charge in [-0.05, 0) is 64.9 Å². The Bertz CT molecular complexity index is 904. The van der Waals surface area contributed by atoms with Crippen LogP contribution in [0.25, 0.3) is 0 Å². The highest BCUT2D eigenvalue weighted by atomic mass is 127. The quantitative estimate of drug-likeness (QED) is 0.417. The Morgan fingerprint density at radius 3 is 2.52 bits per heavy atom. The summed E-state index contributed by atoms with van der Waals surface area (Å²) in [5.74, 6) is -1.12. The van der Waals surface area contributed by atoms with Crippen LogP contribution in [0.2, 0.25) is 0 Å². The van der Waals surface area contributed by atoms with E-state index in [2.05, 4.69) is 21.3 Å². The number of hydrogen-bond acceptors (Lipinski definition) is 3. The lowest BCUT2D eigenvalue weighted by Gasteiger charge is -2.18. The lowest BCUT2D eigenvalue weighted by molar-refractivity contribution is 0.593. The van der Waals surface area contributed by atoms with Crippen molar-refractivity contribution in [3.63, 3.8) is 0 Å². The third-order valence-corrected chi connectivity index (χ3v) is 4.94. The first-order valence-electron chi connectivity index (χ1n) is 7.12. The van der Waals surface area contributed by atoms with Crippen molar-refractivity contribution in [3.8, 4) is 0 Å². The van der Waals surface area contributed by atoms with Crippen LogP contribution in [-0.4, -0.2) is 15.5 Å². The molecule has 0 aliphatic rings. The van der Waals surface area contributed by atoms with Gasteiger partial charge in [-0.25, -0.2) is 13.5 Å². The molecule has 0 fully saturated rings. The van der Waals surface area contributed by atoms with Gasteiger partial charge in [-0.1, -0.05) is 6.08 Å². The van der Waals surface area contributed by atoms with Crippen molar-refractivity contribution < 1.29 is 17.2 Å². The summed E-state index contributed by atoms with van der Waals surface area (Å²) in [6.07, 6.45) is 1.74. The van der Waals surface area contributed by atoms with Gasteiger partial charge in [0.15, 0.2) is 0 Å². The fourth-order valence-corrected chi connectivity index (χ4v) is 3.19. The highest BCUT2D eigenvalue weighted by Gasteiger charge is 2.17. The smallest absolute Gasteiger partial charge is 0.298 e. The molecule has 0 atom stereocenters. The summed E-state index contributed by atoms with van der Waals surface area (Å²) in [4.78, 5) is 0. The van der Waals surface area contributed by atoms with Gasteiger partial charge >= 0.3 is 0 Å². The summed E-state index contributed by atoms with van der Waals surface area (Å²) in [5.41, 5.74) is 0.673. The Hall–Kier alpha value is -1.72. The number of nitrogens with one attached hydrogen (secondary N) is 3. The average molecular weight is 479 g/mol. The lowest BCUT2D eigenvalue weighted by atomic mass is 10.1. The van der Waals surface area contributed by atoms with Gasteiger partial charge in [0, 0.05) is 10.6 Å². The fourth-order valence-electron chi connectivity index (χ4n) is 2.12. The van der Waals surface area contributed by atoms with Crippen molar-refractivity contribution in [1.29, 1.82) is 0 Å². The predicted molar refractivity (Wildman–Crippen MR) is 104 cm³/mol. The van der Waals surface area contributed by atoms with E-state index in [1.54, 1.807) is 6.07 Å². The summed E-state index contributed by atoms with van der Waals surface area (Å²) in [6, 6.07) is 6.77. The third kappa shape index (κ3) is 5.13. The molecule has 2 aromatic carbocycles. The molecule has 9 heteroatoms. The molecule has 0 aliphatic heterocycles. The minimum Gasteiger partial charge on any atom is -0.351 e. The molecule has 0 saturated carbocycles. The highest BCUT2D eigenvalue weighted by molar-refractivity contribution is 14.1. The molecular weight excluding hydrogens is 463 g/mol. The van der Waals surface area contributed by atoms with E-state index in [0.717, 1.165) is 6.07 Å². The Kier molecular flexibility index (Phi) is 6.36. The molecule has 0 unspecified atom stereocenters. The zero-order valence-corrected chi connectivity index (χ0v) is 16.2. The second-order valence-electron chi connectivity index (χ2n) is 5.04. The molecule has 2 rings (SSSR count).